The highest BCUT2D eigenvalue weighted by Gasteiger charge is 2.15. The van der Waals surface area contributed by atoms with Gasteiger partial charge >= 0.3 is 11.1 Å². The molecule has 1 aromatic heterocycles. The first kappa shape index (κ1) is 24.0. The van der Waals surface area contributed by atoms with E-state index in [1.807, 2.05) is 55.5 Å². The number of benzene rings is 2. The van der Waals surface area contributed by atoms with Gasteiger partial charge in [0.2, 0.25) is 5.91 Å². The van der Waals surface area contributed by atoms with E-state index in [0.29, 0.717) is 24.1 Å². The lowest BCUT2D eigenvalue weighted by Crippen LogP contribution is -2.42. The monoisotopic (exact) mass is 462 g/mol. The number of aromatic nitrogens is 2. The van der Waals surface area contributed by atoms with E-state index >= 15 is 0 Å². The van der Waals surface area contributed by atoms with E-state index in [-0.39, 0.29) is 18.9 Å². The Labute approximate surface area is 200 Å². The third-order valence-corrected chi connectivity index (χ3v) is 6.58. The Morgan fingerprint density at radius 3 is 2.21 bits per heavy atom. The van der Waals surface area contributed by atoms with Gasteiger partial charge < -0.3 is 14.8 Å². The average Bonchev–Trinajstić information content (AvgIpc) is 2.86. The Bertz CT molecular complexity index is 1240. The molecule has 0 spiro atoms. The van der Waals surface area contributed by atoms with Gasteiger partial charge in [-0.15, -0.1) is 0 Å². The fraction of sp³-hybridized carbons (Fsp3) is 0.444. The maximum Gasteiger partial charge on any atom is 0.317 e. The highest BCUT2D eigenvalue weighted by Crippen LogP contribution is 2.13. The summed E-state index contributed by atoms with van der Waals surface area (Å²) in [5.74, 6) is -0.0986. The van der Waals surface area contributed by atoms with Gasteiger partial charge in [0.1, 0.15) is 0 Å². The van der Waals surface area contributed by atoms with Gasteiger partial charge in [0.05, 0.1) is 17.6 Å². The maximum atomic E-state index is 13.0. The number of nitrogens with one attached hydrogen (secondary N) is 1. The SMILES string of the molecule is Cc1ccc(Cn2c(=O)c(=O)n(CCC(=O)NCCCN3CCCCC3)c3ccccc32)cc1. The Balaban J connectivity index is 1.43. The van der Waals surface area contributed by atoms with Crippen LogP contribution < -0.4 is 16.4 Å². The van der Waals surface area contributed by atoms with Crippen molar-refractivity contribution in [2.24, 2.45) is 0 Å². The molecule has 2 aromatic carbocycles. The number of fused-ring (bicyclic) bond motifs is 1. The first-order valence-electron chi connectivity index (χ1n) is 12.3. The largest absolute Gasteiger partial charge is 0.356 e. The van der Waals surface area contributed by atoms with Crippen LogP contribution >= 0.6 is 0 Å². The van der Waals surface area contributed by atoms with Gasteiger partial charge in [-0.25, -0.2) is 0 Å². The Morgan fingerprint density at radius 2 is 1.50 bits per heavy atom. The van der Waals surface area contributed by atoms with Gasteiger partial charge in [-0.1, -0.05) is 48.4 Å². The summed E-state index contributed by atoms with van der Waals surface area (Å²) in [6.45, 7) is 6.45. The molecule has 2 heterocycles. The second-order valence-corrected chi connectivity index (χ2v) is 9.18. The zero-order valence-electron chi connectivity index (χ0n) is 20.0. The van der Waals surface area contributed by atoms with Crippen LogP contribution in [0.4, 0.5) is 0 Å². The molecule has 0 bridgehead atoms. The number of carbonyl (C=O) groups is 1. The maximum absolute atomic E-state index is 13.0. The van der Waals surface area contributed by atoms with Crippen LogP contribution in [0.3, 0.4) is 0 Å². The lowest BCUT2D eigenvalue weighted by Gasteiger charge is -2.26. The summed E-state index contributed by atoms with van der Waals surface area (Å²) in [7, 11) is 0. The van der Waals surface area contributed by atoms with Crippen molar-refractivity contribution in [2.45, 2.75) is 52.1 Å². The van der Waals surface area contributed by atoms with Crippen molar-refractivity contribution in [2.75, 3.05) is 26.2 Å². The predicted molar refractivity (Wildman–Crippen MR) is 135 cm³/mol. The summed E-state index contributed by atoms with van der Waals surface area (Å²) in [4.78, 5) is 40.9. The molecule has 7 heteroatoms. The first-order chi connectivity index (χ1) is 16.5. The van der Waals surface area contributed by atoms with Crippen LogP contribution in [-0.4, -0.2) is 46.1 Å². The molecule has 4 rings (SSSR count). The van der Waals surface area contributed by atoms with Gasteiger partial charge in [-0.2, -0.15) is 0 Å². The van der Waals surface area contributed by atoms with Crippen LogP contribution in [0, 0.1) is 6.92 Å². The number of hydrogen-bond acceptors (Lipinski definition) is 4. The Kier molecular flexibility index (Phi) is 7.95. The first-order valence-corrected chi connectivity index (χ1v) is 12.3. The standard InChI is InChI=1S/C27H34N4O3/c1-21-10-12-22(13-11-21)20-31-24-9-4-3-8-23(24)30(26(33)27(31)34)19-14-25(32)28-15-7-18-29-16-5-2-6-17-29/h3-4,8-13H,2,5-7,14-20H2,1H3,(H,28,32). The summed E-state index contributed by atoms with van der Waals surface area (Å²) in [5.41, 5.74) is 2.29. The van der Waals surface area contributed by atoms with Crippen molar-refractivity contribution in [3.05, 3.63) is 80.4 Å². The van der Waals surface area contributed by atoms with Crippen LogP contribution in [0.15, 0.2) is 58.1 Å². The van der Waals surface area contributed by atoms with E-state index < -0.39 is 11.1 Å². The van der Waals surface area contributed by atoms with Crippen LogP contribution in [0.2, 0.25) is 0 Å². The number of piperidine rings is 1. The number of nitrogens with zero attached hydrogens (tertiary/aromatic N) is 3. The summed E-state index contributed by atoms with van der Waals surface area (Å²) >= 11 is 0. The van der Waals surface area contributed by atoms with E-state index in [4.69, 9.17) is 0 Å². The van der Waals surface area contributed by atoms with Crippen LogP contribution in [0.1, 0.15) is 43.2 Å². The molecule has 0 unspecified atom stereocenters. The van der Waals surface area contributed by atoms with E-state index in [1.165, 1.54) is 28.4 Å². The van der Waals surface area contributed by atoms with Crippen molar-refractivity contribution in [1.29, 1.82) is 0 Å². The van der Waals surface area contributed by atoms with Crippen molar-refractivity contribution < 1.29 is 4.79 Å². The smallest absolute Gasteiger partial charge is 0.317 e. The molecule has 0 saturated carbocycles. The van der Waals surface area contributed by atoms with Crippen LogP contribution in [-0.2, 0) is 17.9 Å². The fourth-order valence-corrected chi connectivity index (χ4v) is 4.64. The van der Waals surface area contributed by atoms with E-state index in [1.54, 1.807) is 0 Å². The van der Waals surface area contributed by atoms with Gasteiger partial charge in [0, 0.05) is 19.5 Å². The molecule has 180 valence electrons. The van der Waals surface area contributed by atoms with Crippen LogP contribution in [0.25, 0.3) is 11.0 Å². The van der Waals surface area contributed by atoms with Gasteiger partial charge in [-0.3, -0.25) is 19.0 Å². The molecule has 0 aliphatic carbocycles. The van der Waals surface area contributed by atoms with E-state index in [2.05, 4.69) is 10.2 Å². The molecular weight excluding hydrogens is 428 g/mol. The molecule has 1 amide bonds. The third-order valence-electron chi connectivity index (χ3n) is 6.58. The minimum absolute atomic E-state index is 0.0986. The normalized spacial score (nSPS) is 14.4. The highest BCUT2D eigenvalue weighted by molar-refractivity contribution is 5.77. The number of carbonyl (C=O) groups excluding carboxylic acids is 1. The molecule has 1 N–H and O–H groups in total. The number of para-hydroxylation sites is 2. The molecule has 7 nitrogen and oxygen atoms in total. The minimum atomic E-state index is -0.594. The van der Waals surface area contributed by atoms with Gasteiger partial charge in [0.15, 0.2) is 0 Å². The van der Waals surface area contributed by atoms with Gasteiger partial charge in [-0.05, 0) is 63.5 Å². The molecule has 1 aliphatic heterocycles. The summed E-state index contributed by atoms with van der Waals surface area (Å²) in [6, 6.07) is 15.3. The average molecular weight is 463 g/mol. The zero-order chi connectivity index (χ0) is 23.9. The molecule has 0 radical (unpaired) electrons. The molecule has 34 heavy (non-hydrogen) atoms. The number of amides is 1. The predicted octanol–water partition coefficient (Wildman–Crippen LogP) is 2.90. The second kappa shape index (κ2) is 11.3. The molecule has 0 atom stereocenters. The second-order valence-electron chi connectivity index (χ2n) is 9.18. The lowest BCUT2D eigenvalue weighted by atomic mass is 10.1. The Hall–Kier alpha value is -3.19. The number of hydrogen-bond donors (Lipinski definition) is 1. The molecule has 1 saturated heterocycles. The summed E-state index contributed by atoms with van der Waals surface area (Å²) in [6.07, 6.45) is 4.92. The highest BCUT2D eigenvalue weighted by atomic mass is 16.2. The summed E-state index contributed by atoms with van der Waals surface area (Å²) in [5, 5.41) is 2.96. The zero-order valence-corrected chi connectivity index (χ0v) is 20.0. The molecule has 1 aliphatic rings. The fourth-order valence-electron chi connectivity index (χ4n) is 4.64. The van der Waals surface area contributed by atoms with Crippen molar-refractivity contribution in [1.82, 2.24) is 19.4 Å². The van der Waals surface area contributed by atoms with Crippen molar-refractivity contribution in [3.63, 3.8) is 0 Å². The number of aryl methyl sites for hydroxylation is 2. The van der Waals surface area contributed by atoms with Gasteiger partial charge in [0.25, 0.3) is 0 Å². The van der Waals surface area contributed by atoms with E-state index in [9.17, 15) is 14.4 Å². The molecule has 3 aromatic rings. The topological polar surface area (TPSA) is 76.3 Å². The Morgan fingerprint density at radius 1 is 0.853 bits per heavy atom. The van der Waals surface area contributed by atoms with Crippen LogP contribution in [0.5, 0.6) is 0 Å². The summed E-state index contributed by atoms with van der Waals surface area (Å²) < 4.78 is 2.97. The van der Waals surface area contributed by atoms with Crippen molar-refractivity contribution in [3.8, 4) is 0 Å². The van der Waals surface area contributed by atoms with E-state index in [0.717, 1.165) is 37.2 Å². The van der Waals surface area contributed by atoms with Crippen molar-refractivity contribution >= 4 is 16.9 Å². The minimum Gasteiger partial charge on any atom is -0.356 e. The number of rotatable bonds is 9. The quantitative estimate of drug-likeness (QED) is 0.392. The molecule has 1 fully saturated rings. The lowest BCUT2D eigenvalue weighted by molar-refractivity contribution is -0.121. The third kappa shape index (κ3) is 5.83. The number of likely N-dealkylation sites (tertiary alicyclic amines) is 1. The molecular formula is C27H34N4O3.